The molecule has 34 heavy (non-hydrogen) atoms. The summed E-state index contributed by atoms with van der Waals surface area (Å²) < 4.78 is 5.53. The van der Waals surface area contributed by atoms with Gasteiger partial charge in [0.1, 0.15) is 0 Å². The van der Waals surface area contributed by atoms with Gasteiger partial charge in [-0.05, 0) is 36.1 Å². The second-order valence-corrected chi connectivity index (χ2v) is 9.88. The van der Waals surface area contributed by atoms with Crippen LogP contribution in [0.25, 0.3) is 17.5 Å². The quantitative estimate of drug-likeness (QED) is 0.461. The van der Waals surface area contributed by atoms with Crippen molar-refractivity contribution < 1.29 is 14.4 Å². The second kappa shape index (κ2) is 9.72. The molecule has 0 amide bonds. The van der Waals surface area contributed by atoms with E-state index in [0.717, 1.165) is 35.5 Å². The zero-order valence-corrected chi connectivity index (χ0v) is 19.7. The fourth-order valence-corrected chi connectivity index (χ4v) is 5.25. The first kappa shape index (κ1) is 22.8. The van der Waals surface area contributed by atoms with Gasteiger partial charge in [0.2, 0.25) is 5.82 Å². The Labute approximate surface area is 204 Å². The Bertz CT molecular complexity index is 1180. The molecule has 3 aromatic rings. The molecule has 1 aliphatic carbocycles. The first-order valence-corrected chi connectivity index (χ1v) is 12.2. The maximum Gasteiger partial charge on any atom is 0.309 e. The van der Waals surface area contributed by atoms with Crippen molar-refractivity contribution in [1.82, 2.24) is 15.0 Å². The summed E-state index contributed by atoms with van der Waals surface area (Å²) in [5.74, 6) is 0.0973. The van der Waals surface area contributed by atoms with E-state index >= 15 is 0 Å². The molecule has 2 heterocycles. The molecule has 1 aliphatic heterocycles. The normalized spacial score (nSPS) is 18.7. The van der Waals surface area contributed by atoms with Gasteiger partial charge in [-0.15, -0.1) is 0 Å². The van der Waals surface area contributed by atoms with Crippen molar-refractivity contribution in [3.05, 3.63) is 76.6 Å². The molecular weight excluding hydrogens is 450 g/mol. The predicted molar refractivity (Wildman–Crippen MR) is 131 cm³/mol. The molecule has 0 bridgehead atoms. The number of carboxylic acid groups (broad SMARTS) is 1. The Morgan fingerprint density at radius 3 is 2.62 bits per heavy atom. The SMILES string of the molecule is O=C(O)C1CN(Cc2ccc(-c3noc(/C=C/C4(c5cccc(Cl)c5)CCCCC4)n3)cc2)C1. The number of carbonyl (C=O) groups is 1. The number of aliphatic carboxylic acids is 1. The third-order valence-electron chi connectivity index (χ3n) is 7.06. The zero-order valence-electron chi connectivity index (χ0n) is 19.0. The Hall–Kier alpha value is -2.96. The minimum atomic E-state index is -0.712. The smallest absolute Gasteiger partial charge is 0.309 e. The van der Waals surface area contributed by atoms with Crippen molar-refractivity contribution in [1.29, 1.82) is 0 Å². The van der Waals surface area contributed by atoms with Crippen LogP contribution in [0, 0.1) is 5.92 Å². The monoisotopic (exact) mass is 477 g/mol. The minimum Gasteiger partial charge on any atom is -0.481 e. The lowest BCUT2D eigenvalue weighted by Crippen LogP contribution is -2.49. The van der Waals surface area contributed by atoms with Crippen LogP contribution in [0.3, 0.4) is 0 Å². The number of hydrogen-bond donors (Lipinski definition) is 1. The van der Waals surface area contributed by atoms with Crippen LogP contribution in [0.15, 0.2) is 59.1 Å². The number of carboxylic acids is 1. The third-order valence-corrected chi connectivity index (χ3v) is 7.29. The summed E-state index contributed by atoms with van der Waals surface area (Å²) in [6.45, 7) is 1.96. The van der Waals surface area contributed by atoms with E-state index in [0.29, 0.717) is 24.8 Å². The van der Waals surface area contributed by atoms with Gasteiger partial charge in [0.05, 0.1) is 5.92 Å². The van der Waals surface area contributed by atoms with Gasteiger partial charge < -0.3 is 9.63 Å². The molecule has 2 aliphatic rings. The van der Waals surface area contributed by atoms with E-state index in [4.69, 9.17) is 21.2 Å². The van der Waals surface area contributed by atoms with Gasteiger partial charge in [0, 0.05) is 41.7 Å². The largest absolute Gasteiger partial charge is 0.481 e. The Morgan fingerprint density at radius 1 is 1.15 bits per heavy atom. The first-order valence-electron chi connectivity index (χ1n) is 11.8. The molecule has 0 radical (unpaired) electrons. The van der Waals surface area contributed by atoms with Crippen LogP contribution >= 0.6 is 11.6 Å². The summed E-state index contributed by atoms with van der Waals surface area (Å²) in [5, 5.41) is 13.9. The molecule has 0 atom stereocenters. The van der Waals surface area contributed by atoms with Gasteiger partial charge in [-0.3, -0.25) is 9.69 Å². The van der Waals surface area contributed by atoms with Crippen LogP contribution in [0.4, 0.5) is 0 Å². The molecule has 0 unspecified atom stereocenters. The highest BCUT2D eigenvalue weighted by Crippen LogP contribution is 2.41. The van der Waals surface area contributed by atoms with Crippen LogP contribution in [-0.2, 0) is 16.8 Å². The van der Waals surface area contributed by atoms with Crippen LogP contribution in [-0.4, -0.2) is 39.2 Å². The molecule has 1 N–H and O–H groups in total. The number of nitrogens with zero attached hydrogens (tertiary/aromatic N) is 3. The Morgan fingerprint density at radius 2 is 1.91 bits per heavy atom. The van der Waals surface area contributed by atoms with Crippen molar-refractivity contribution in [3.8, 4) is 11.4 Å². The van der Waals surface area contributed by atoms with E-state index in [2.05, 4.69) is 33.2 Å². The molecule has 0 spiro atoms. The molecule has 2 fully saturated rings. The van der Waals surface area contributed by atoms with Crippen molar-refractivity contribution in [2.24, 2.45) is 5.92 Å². The molecule has 2 aromatic carbocycles. The number of rotatable bonds is 7. The average molecular weight is 478 g/mol. The van der Waals surface area contributed by atoms with Gasteiger partial charge in [0.15, 0.2) is 0 Å². The maximum absolute atomic E-state index is 11.0. The van der Waals surface area contributed by atoms with E-state index in [9.17, 15) is 4.79 Å². The fourth-order valence-electron chi connectivity index (χ4n) is 5.06. The van der Waals surface area contributed by atoms with Gasteiger partial charge in [-0.2, -0.15) is 4.98 Å². The van der Waals surface area contributed by atoms with Crippen molar-refractivity contribution in [2.75, 3.05) is 13.1 Å². The standard InChI is InChI=1S/C27H28ClN3O3/c28-23-6-4-5-22(15-23)27(12-2-1-3-13-27)14-11-24-29-25(30-34-24)20-9-7-19(8-10-20)16-31-17-21(18-31)26(32)33/h4-11,14-15,21H,1-3,12-13,16-18H2,(H,32,33)/b14-11+. The summed E-state index contributed by atoms with van der Waals surface area (Å²) in [6.07, 6.45) is 9.96. The van der Waals surface area contributed by atoms with Gasteiger partial charge in [-0.25, -0.2) is 0 Å². The predicted octanol–water partition coefficient (Wildman–Crippen LogP) is 5.82. The van der Waals surface area contributed by atoms with Crippen LogP contribution < -0.4 is 0 Å². The lowest BCUT2D eigenvalue weighted by molar-refractivity contribution is -0.147. The van der Waals surface area contributed by atoms with E-state index in [-0.39, 0.29) is 11.3 Å². The molecule has 1 saturated heterocycles. The van der Waals surface area contributed by atoms with E-state index in [1.807, 2.05) is 42.5 Å². The highest BCUT2D eigenvalue weighted by atomic mass is 35.5. The summed E-state index contributed by atoms with van der Waals surface area (Å²) >= 11 is 6.29. The summed E-state index contributed by atoms with van der Waals surface area (Å²) in [4.78, 5) is 17.7. The Kier molecular flexibility index (Phi) is 6.53. The van der Waals surface area contributed by atoms with Crippen LogP contribution in [0.2, 0.25) is 5.02 Å². The number of likely N-dealkylation sites (tertiary alicyclic amines) is 1. The summed E-state index contributed by atoms with van der Waals surface area (Å²) in [7, 11) is 0. The van der Waals surface area contributed by atoms with Gasteiger partial charge in [0.25, 0.3) is 5.89 Å². The van der Waals surface area contributed by atoms with Crippen LogP contribution in [0.5, 0.6) is 0 Å². The topological polar surface area (TPSA) is 79.5 Å². The van der Waals surface area contributed by atoms with Crippen molar-refractivity contribution in [2.45, 2.75) is 44.1 Å². The number of aromatic nitrogens is 2. The Balaban J connectivity index is 1.27. The van der Waals surface area contributed by atoms with Crippen molar-refractivity contribution in [3.63, 3.8) is 0 Å². The van der Waals surface area contributed by atoms with Crippen LogP contribution in [0.1, 0.15) is 49.1 Å². The molecular formula is C27H28ClN3O3. The lowest BCUT2D eigenvalue weighted by Gasteiger charge is -2.36. The summed E-state index contributed by atoms with van der Waals surface area (Å²) in [5.41, 5.74) is 3.21. The number of allylic oxidation sites excluding steroid dienone is 1. The van der Waals surface area contributed by atoms with Crippen molar-refractivity contribution >= 4 is 23.6 Å². The molecule has 5 rings (SSSR count). The van der Waals surface area contributed by atoms with E-state index in [1.54, 1.807) is 0 Å². The highest BCUT2D eigenvalue weighted by Gasteiger charge is 2.33. The minimum absolute atomic E-state index is 0.0596. The average Bonchev–Trinajstić information content (AvgIpc) is 3.30. The first-order chi connectivity index (χ1) is 16.5. The fraction of sp³-hybridized carbons (Fsp3) is 0.370. The lowest BCUT2D eigenvalue weighted by atomic mass is 9.69. The van der Waals surface area contributed by atoms with E-state index in [1.165, 1.54) is 24.8 Å². The third kappa shape index (κ3) is 4.93. The zero-order chi connectivity index (χ0) is 23.5. The molecule has 1 aromatic heterocycles. The molecule has 7 heteroatoms. The molecule has 6 nitrogen and oxygen atoms in total. The number of hydrogen-bond acceptors (Lipinski definition) is 5. The molecule has 176 valence electrons. The number of benzene rings is 2. The highest BCUT2D eigenvalue weighted by molar-refractivity contribution is 6.30. The number of halogens is 1. The van der Waals surface area contributed by atoms with Gasteiger partial charge in [-0.1, -0.05) is 78.5 Å². The van der Waals surface area contributed by atoms with Gasteiger partial charge >= 0.3 is 5.97 Å². The maximum atomic E-state index is 11.0. The second-order valence-electron chi connectivity index (χ2n) is 9.44. The summed E-state index contributed by atoms with van der Waals surface area (Å²) in [6, 6.07) is 16.2. The van der Waals surface area contributed by atoms with E-state index < -0.39 is 5.97 Å². The molecule has 1 saturated carbocycles.